The number of nitrogens with zero attached hydrogens (tertiary/aromatic N) is 1. The van der Waals surface area contributed by atoms with Crippen molar-refractivity contribution in [3.63, 3.8) is 0 Å². The second-order valence-corrected chi connectivity index (χ2v) is 4.08. The fourth-order valence-corrected chi connectivity index (χ4v) is 1.69. The van der Waals surface area contributed by atoms with Crippen LogP contribution in [0.15, 0.2) is 10.9 Å². The Hall–Kier alpha value is -0.940. The van der Waals surface area contributed by atoms with Gasteiger partial charge in [-0.3, -0.25) is 4.79 Å². The van der Waals surface area contributed by atoms with Crippen LogP contribution in [0.2, 0.25) is 0 Å². The first-order valence-corrected chi connectivity index (χ1v) is 5.70. The van der Waals surface area contributed by atoms with Crippen LogP contribution >= 0.6 is 11.3 Å². The van der Waals surface area contributed by atoms with Gasteiger partial charge in [0.2, 0.25) is 0 Å². The molecule has 0 radical (unpaired) electrons. The largest absolute Gasteiger partial charge is 0.349 e. The minimum atomic E-state index is -0.0798. The van der Waals surface area contributed by atoms with Crippen LogP contribution in [-0.2, 0) is 0 Å². The van der Waals surface area contributed by atoms with Crippen LogP contribution in [0, 0.1) is 0 Å². The minimum absolute atomic E-state index is 0.0798. The molecule has 0 aromatic carbocycles. The Morgan fingerprint density at radius 3 is 3.07 bits per heavy atom. The molecule has 1 fully saturated rings. The first-order chi connectivity index (χ1) is 6.86. The van der Waals surface area contributed by atoms with E-state index in [4.69, 9.17) is 0 Å². The van der Waals surface area contributed by atoms with Gasteiger partial charge in [-0.05, 0) is 12.8 Å². The van der Waals surface area contributed by atoms with Crippen molar-refractivity contribution >= 4 is 17.2 Å². The number of rotatable bonds is 5. The molecule has 0 bridgehead atoms. The van der Waals surface area contributed by atoms with Crippen LogP contribution < -0.4 is 10.6 Å². The maximum absolute atomic E-state index is 11.4. The second kappa shape index (κ2) is 4.52. The number of carbonyl (C=O) groups is 1. The molecule has 76 valence electrons. The average molecular weight is 211 g/mol. The highest BCUT2D eigenvalue weighted by Gasteiger charge is 2.19. The first kappa shape index (κ1) is 9.61. The van der Waals surface area contributed by atoms with Crippen molar-refractivity contribution in [2.45, 2.75) is 18.9 Å². The zero-order chi connectivity index (χ0) is 9.80. The van der Waals surface area contributed by atoms with Gasteiger partial charge in [0.05, 0.1) is 5.51 Å². The molecule has 2 rings (SSSR count). The second-order valence-electron chi connectivity index (χ2n) is 3.36. The molecular formula is C9H13N3OS. The molecule has 1 aromatic rings. The van der Waals surface area contributed by atoms with E-state index < -0.39 is 0 Å². The van der Waals surface area contributed by atoms with E-state index >= 15 is 0 Å². The maximum atomic E-state index is 11.4. The van der Waals surface area contributed by atoms with Gasteiger partial charge in [0.1, 0.15) is 5.69 Å². The molecule has 0 unspecified atom stereocenters. The topological polar surface area (TPSA) is 54.0 Å². The molecule has 5 heteroatoms. The molecule has 1 amide bonds. The Balaban J connectivity index is 1.62. The van der Waals surface area contributed by atoms with E-state index in [-0.39, 0.29) is 5.91 Å². The molecule has 1 saturated carbocycles. The van der Waals surface area contributed by atoms with Crippen molar-refractivity contribution < 1.29 is 4.79 Å². The molecule has 1 aliphatic carbocycles. The third-order valence-corrected chi connectivity index (χ3v) is 2.67. The maximum Gasteiger partial charge on any atom is 0.270 e. The van der Waals surface area contributed by atoms with E-state index in [1.165, 1.54) is 24.2 Å². The lowest BCUT2D eigenvalue weighted by Gasteiger charge is -2.03. The van der Waals surface area contributed by atoms with Crippen LogP contribution in [0.25, 0.3) is 0 Å². The van der Waals surface area contributed by atoms with Crippen LogP contribution in [0.3, 0.4) is 0 Å². The molecule has 0 aliphatic heterocycles. The van der Waals surface area contributed by atoms with Crippen LogP contribution in [-0.4, -0.2) is 30.0 Å². The Kier molecular flexibility index (Phi) is 3.10. The van der Waals surface area contributed by atoms with Crippen molar-refractivity contribution in [3.8, 4) is 0 Å². The third kappa shape index (κ3) is 2.78. The number of amides is 1. The third-order valence-electron chi connectivity index (χ3n) is 2.09. The van der Waals surface area contributed by atoms with Crippen molar-refractivity contribution in [1.29, 1.82) is 0 Å². The zero-order valence-corrected chi connectivity index (χ0v) is 8.64. The summed E-state index contributed by atoms with van der Waals surface area (Å²) < 4.78 is 0. The molecule has 4 nitrogen and oxygen atoms in total. The van der Waals surface area contributed by atoms with Gasteiger partial charge >= 0.3 is 0 Å². The predicted octanol–water partition coefficient (Wildman–Crippen LogP) is 0.625. The van der Waals surface area contributed by atoms with E-state index in [0.717, 1.165) is 6.54 Å². The summed E-state index contributed by atoms with van der Waals surface area (Å²) in [6.45, 7) is 1.52. The number of thiazole rings is 1. The van der Waals surface area contributed by atoms with E-state index in [2.05, 4.69) is 15.6 Å². The summed E-state index contributed by atoms with van der Waals surface area (Å²) in [5.74, 6) is -0.0798. The van der Waals surface area contributed by atoms with E-state index in [1.54, 1.807) is 10.9 Å². The normalized spacial score (nSPS) is 15.4. The lowest BCUT2D eigenvalue weighted by atomic mass is 10.4. The van der Waals surface area contributed by atoms with Crippen molar-refractivity contribution in [1.82, 2.24) is 15.6 Å². The highest BCUT2D eigenvalue weighted by atomic mass is 32.1. The summed E-state index contributed by atoms with van der Waals surface area (Å²) in [6, 6.07) is 0.700. The SMILES string of the molecule is O=C(NCCNC1CC1)c1cscn1. The lowest BCUT2D eigenvalue weighted by Crippen LogP contribution is -2.32. The van der Waals surface area contributed by atoms with E-state index in [1.807, 2.05) is 0 Å². The van der Waals surface area contributed by atoms with Gasteiger partial charge in [-0.15, -0.1) is 11.3 Å². The summed E-state index contributed by atoms with van der Waals surface area (Å²) in [6.07, 6.45) is 2.56. The average Bonchev–Trinajstić information content (AvgIpc) is 2.84. The summed E-state index contributed by atoms with van der Waals surface area (Å²) >= 11 is 1.43. The molecule has 1 aromatic heterocycles. The molecule has 14 heavy (non-hydrogen) atoms. The zero-order valence-electron chi connectivity index (χ0n) is 7.82. The quantitative estimate of drug-likeness (QED) is 0.702. The minimum Gasteiger partial charge on any atom is -0.349 e. The monoisotopic (exact) mass is 211 g/mol. The van der Waals surface area contributed by atoms with Gasteiger partial charge in [-0.2, -0.15) is 0 Å². The number of aromatic nitrogens is 1. The van der Waals surface area contributed by atoms with Crippen LogP contribution in [0.5, 0.6) is 0 Å². The Morgan fingerprint density at radius 2 is 2.43 bits per heavy atom. The van der Waals surface area contributed by atoms with Crippen LogP contribution in [0.1, 0.15) is 23.3 Å². The number of carbonyl (C=O) groups excluding carboxylic acids is 1. The highest BCUT2D eigenvalue weighted by Crippen LogP contribution is 2.17. The predicted molar refractivity (Wildman–Crippen MR) is 55.5 cm³/mol. The standard InChI is InChI=1S/C9H13N3OS/c13-9(8-5-14-6-12-8)11-4-3-10-7-1-2-7/h5-7,10H,1-4H2,(H,11,13). The Bertz CT molecular complexity index is 295. The smallest absolute Gasteiger partial charge is 0.270 e. The molecule has 0 spiro atoms. The number of hydrogen-bond donors (Lipinski definition) is 2. The number of nitrogens with one attached hydrogen (secondary N) is 2. The van der Waals surface area contributed by atoms with Gasteiger partial charge in [-0.1, -0.05) is 0 Å². The first-order valence-electron chi connectivity index (χ1n) is 4.76. The lowest BCUT2D eigenvalue weighted by molar-refractivity contribution is 0.0949. The van der Waals surface area contributed by atoms with Gasteiger partial charge in [0, 0.05) is 24.5 Å². The van der Waals surface area contributed by atoms with Crippen molar-refractivity contribution in [2.24, 2.45) is 0 Å². The molecule has 0 atom stereocenters. The fraction of sp³-hybridized carbons (Fsp3) is 0.556. The van der Waals surface area contributed by atoms with Gasteiger partial charge in [0.15, 0.2) is 0 Å². The van der Waals surface area contributed by atoms with Gasteiger partial charge < -0.3 is 10.6 Å². The molecule has 1 heterocycles. The van der Waals surface area contributed by atoms with Gasteiger partial charge in [-0.25, -0.2) is 4.98 Å². The molecule has 0 saturated heterocycles. The summed E-state index contributed by atoms with van der Waals surface area (Å²) in [5.41, 5.74) is 2.18. The summed E-state index contributed by atoms with van der Waals surface area (Å²) in [5, 5.41) is 7.89. The summed E-state index contributed by atoms with van der Waals surface area (Å²) in [7, 11) is 0. The molecule has 2 N–H and O–H groups in total. The Morgan fingerprint density at radius 1 is 1.57 bits per heavy atom. The Labute approximate surface area is 86.7 Å². The summed E-state index contributed by atoms with van der Waals surface area (Å²) in [4.78, 5) is 15.3. The van der Waals surface area contributed by atoms with E-state index in [9.17, 15) is 4.79 Å². The fourth-order valence-electron chi connectivity index (χ4n) is 1.16. The van der Waals surface area contributed by atoms with Crippen molar-refractivity contribution in [2.75, 3.05) is 13.1 Å². The highest BCUT2D eigenvalue weighted by molar-refractivity contribution is 7.07. The number of hydrogen-bond acceptors (Lipinski definition) is 4. The van der Waals surface area contributed by atoms with Crippen LogP contribution in [0.4, 0.5) is 0 Å². The van der Waals surface area contributed by atoms with Gasteiger partial charge in [0.25, 0.3) is 5.91 Å². The molecule has 1 aliphatic rings. The van der Waals surface area contributed by atoms with Crippen molar-refractivity contribution in [3.05, 3.63) is 16.6 Å². The molecular weight excluding hydrogens is 198 g/mol. The van der Waals surface area contributed by atoms with E-state index in [0.29, 0.717) is 18.3 Å².